The van der Waals surface area contributed by atoms with E-state index < -0.39 is 0 Å². The summed E-state index contributed by atoms with van der Waals surface area (Å²) in [5, 5.41) is 0. The highest BCUT2D eigenvalue weighted by atomic mass is 14.5. The zero-order valence-electron chi connectivity index (χ0n) is 10.3. The van der Waals surface area contributed by atoms with Crippen molar-refractivity contribution in [2.45, 2.75) is 51.4 Å². The number of nitrogens with two attached hydrogens (primary N) is 1. The molecule has 0 spiro atoms. The van der Waals surface area contributed by atoms with Gasteiger partial charge < -0.3 is 5.73 Å². The summed E-state index contributed by atoms with van der Waals surface area (Å²) >= 11 is 0. The van der Waals surface area contributed by atoms with E-state index in [1.54, 1.807) is 6.20 Å². The lowest BCUT2D eigenvalue weighted by atomic mass is 9.82. The second-order valence-corrected chi connectivity index (χ2v) is 5.05. The van der Waals surface area contributed by atoms with E-state index in [0.717, 1.165) is 24.2 Å². The predicted molar refractivity (Wildman–Crippen MR) is 72.1 cm³/mol. The van der Waals surface area contributed by atoms with Crippen LogP contribution in [0.4, 0.5) is 0 Å². The molecule has 0 aromatic rings. The fourth-order valence-corrected chi connectivity index (χ4v) is 2.21. The van der Waals surface area contributed by atoms with Gasteiger partial charge >= 0.3 is 0 Å². The lowest BCUT2D eigenvalue weighted by Crippen LogP contribution is -2.04. The topological polar surface area (TPSA) is 26.0 Å². The highest BCUT2D eigenvalue weighted by Crippen LogP contribution is 2.35. The Morgan fingerprint density at radius 1 is 1.44 bits per heavy atom. The molecule has 2 N–H and O–H groups in total. The van der Waals surface area contributed by atoms with Gasteiger partial charge in [0.05, 0.1) is 0 Å². The van der Waals surface area contributed by atoms with Crippen LogP contribution in [0.2, 0.25) is 0 Å². The standard InChI is InChI=1S/C14H24BN/c1-2-3-5-13(10-14(15)11-16)7-4-6-12-8-9-12/h2,11-13H,1,3-10,16H2/b14-11-. The molecule has 1 atom stereocenters. The minimum atomic E-state index is 0.691. The highest BCUT2D eigenvalue weighted by Gasteiger charge is 2.20. The highest BCUT2D eigenvalue weighted by molar-refractivity contribution is 6.21. The zero-order chi connectivity index (χ0) is 11.8. The fourth-order valence-electron chi connectivity index (χ4n) is 2.21. The third-order valence-electron chi connectivity index (χ3n) is 3.44. The Hall–Kier alpha value is -0.655. The van der Waals surface area contributed by atoms with Crippen molar-refractivity contribution in [3.05, 3.63) is 24.3 Å². The number of hydrogen-bond donors (Lipinski definition) is 1. The van der Waals surface area contributed by atoms with Gasteiger partial charge in [0.25, 0.3) is 0 Å². The molecule has 88 valence electrons. The van der Waals surface area contributed by atoms with E-state index in [2.05, 4.69) is 6.58 Å². The van der Waals surface area contributed by atoms with Gasteiger partial charge in [0.15, 0.2) is 0 Å². The molecule has 0 amide bonds. The summed E-state index contributed by atoms with van der Waals surface area (Å²) in [7, 11) is 5.80. The van der Waals surface area contributed by atoms with E-state index in [-0.39, 0.29) is 0 Å². The Balaban J connectivity index is 2.20. The first-order chi connectivity index (χ1) is 7.76. The fraction of sp³-hybridized carbons (Fsp3) is 0.714. The van der Waals surface area contributed by atoms with Crippen molar-refractivity contribution < 1.29 is 0 Å². The minimum absolute atomic E-state index is 0.691. The monoisotopic (exact) mass is 217 g/mol. The van der Waals surface area contributed by atoms with Crippen LogP contribution < -0.4 is 5.73 Å². The first-order valence-electron chi connectivity index (χ1n) is 6.53. The first kappa shape index (κ1) is 13.4. The molecule has 1 aliphatic rings. The van der Waals surface area contributed by atoms with E-state index in [4.69, 9.17) is 13.6 Å². The van der Waals surface area contributed by atoms with Gasteiger partial charge in [0.1, 0.15) is 7.85 Å². The average molecular weight is 217 g/mol. The van der Waals surface area contributed by atoms with Gasteiger partial charge in [-0.25, -0.2) is 0 Å². The van der Waals surface area contributed by atoms with Gasteiger partial charge in [0.2, 0.25) is 0 Å². The Kier molecular flexibility index (Phi) is 6.36. The molecule has 1 nitrogen and oxygen atoms in total. The molecule has 1 saturated carbocycles. The second kappa shape index (κ2) is 7.59. The molecule has 0 aromatic heterocycles. The van der Waals surface area contributed by atoms with Crippen molar-refractivity contribution >= 4 is 7.85 Å². The van der Waals surface area contributed by atoms with Crippen LogP contribution in [-0.2, 0) is 0 Å². The maximum absolute atomic E-state index is 5.80. The van der Waals surface area contributed by atoms with Gasteiger partial charge in [-0.1, -0.05) is 38.2 Å². The molecule has 1 fully saturated rings. The third-order valence-corrected chi connectivity index (χ3v) is 3.44. The average Bonchev–Trinajstić information content (AvgIpc) is 3.09. The summed E-state index contributed by atoms with van der Waals surface area (Å²) in [6.07, 6.45) is 13.8. The van der Waals surface area contributed by atoms with E-state index in [9.17, 15) is 0 Å². The Bertz CT molecular complexity index is 231. The molecule has 1 aliphatic carbocycles. The van der Waals surface area contributed by atoms with Crippen LogP contribution in [0.3, 0.4) is 0 Å². The number of allylic oxidation sites excluding steroid dienone is 2. The van der Waals surface area contributed by atoms with Crippen molar-refractivity contribution in [2.75, 3.05) is 0 Å². The normalized spacial score (nSPS) is 18.4. The lowest BCUT2D eigenvalue weighted by molar-refractivity contribution is 0.427. The molecule has 0 saturated heterocycles. The molecule has 2 heteroatoms. The largest absolute Gasteiger partial charge is 0.405 e. The maximum atomic E-state index is 5.80. The molecule has 1 unspecified atom stereocenters. The third kappa shape index (κ3) is 6.04. The summed E-state index contributed by atoms with van der Waals surface area (Å²) in [5.74, 6) is 1.74. The Labute approximate surface area is 102 Å². The zero-order valence-corrected chi connectivity index (χ0v) is 10.3. The van der Waals surface area contributed by atoms with Crippen LogP contribution in [-0.4, -0.2) is 7.85 Å². The molecular formula is C14H24BN. The van der Waals surface area contributed by atoms with Gasteiger partial charge in [-0.15, -0.1) is 12.1 Å². The smallest absolute Gasteiger partial charge is 0.109 e. The van der Waals surface area contributed by atoms with Crippen LogP contribution >= 0.6 is 0 Å². The van der Waals surface area contributed by atoms with Crippen molar-refractivity contribution in [1.29, 1.82) is 0 Å². The molecule has 1 rings (SSSR count). The van der Waals surface area contributed by atoms with Crippen LogP contribution in [0.15, 0.2) is 24.3 Å². The van der Waals surface area contributed by atoms with Crippen LogP contribution in [0.5, 0.6) is 0 Å². The van der Waals surface area contributed by atoms with Crippen LogP contribution in [0.25, 0.3) is 0 Å². The maximum Gasteiger partial charge on any atom is 0.109 e. The predicted octanol–water partition coefficient (Wildman–Crippen LogP) is 3.51. The van der Waals surface area contributed by atoms with E-state index >= 15 is 0 Å². The van der Waals surface area contributed by atoms with E-state index in [1.807, 2.05) is 6.08 Å². The Morgan fingerprint density at radius 3 is 2.75 bits per heavy atom. The summed E-state index contributed by atoms with van der Waals surface area (Å²) in [5.41, 5.74) is 6.26. The lowest BCUT2D eigenvalue weighted by Gasteiger charge is -2.16. The quantitative estimate of drug-likeness (QED) is 0.464. The molecule has 0 heterocycles. The van der Waals surface area contributed by atoms with Crippen molar-refractivity contribution in [3.8, 4) is 0 Å². The molecule has 16 heavy (non-hydrogen) atoms. The van der Waals surface area contributed by atoms with Crippen LogP contribution in [0, 0.1) is 11.8 Å². The molecule has 2 radical (unpaired) electrons. The minimum Gasteiger partial charge on any atom is -0.405 e. The Morgan fingerprint density at radius 2 is 2.19 bits per heavy atom. The number of hydrogen-bond acceptors (Lipinski definition) is 1. The van der Waals surface area contributed by atoms with Crippen molar-refractivity contribution in [2.24, 2.45) is 17.6 Å². The van der Waals surface area contributed by atoms with Gasteiger partial charge in [-0.05, 0) is 37.3 Å². The summed E-state index contributed by atoms with van der Waals surface area (Å²) in [6.45, 7) is 3.78. The first-order valence-corrected chi connectivity index (χ1v) is 6.53. The van der Waals surface area contributed by atoms with E-state index in [1.165, 1.54) is 38.5 Å². The number of rotatable bonds is 9. The van der Waals surface area contributed by atoms with Gasteiger partial charge in [0, 0.05) is 0 Å². The van der Waals surface area contributed by atoms with Crippen molar-refractivity contribution in [3.63, 3.8) is 0 Å². The van der Waals surface area contributed by atoms with Gasteiger partial charge in [-0.3, -0.25) is 0 Å². The second-order valence-electron chi connectivity index (χ2n) is 5.05. The summed E-state index contributed by atoms with van der Waals surface area (Å²) in [6, 6.07) is 0. The van der Waals surface area contributed by atoms with E-state index in [0.29, 0.717) is 5.92 Å². The SMILES string of the molecule is [B]/C(=C\N)CC(CCC=C)CCCC1CC1. The van der Waals surface area contributed by atoms with Crippen molar-refractivity contribution in [1.82, 2.24) is 0 Å². The molecular weight excluding hydrogens is 193 g/mol. The molecule has 0 aliphatic heterocycles. The summed E-state index contributed by atoms with van der Waals surface area (Å²) < 4.78 is 0. The van der Waals surface area contributed by atoms with Crippen LogP contribution in [0.1, 0.15) is 51.4 Å². The molecule has 0 aromatic carbocycles. The molecule has 0 bridgehead atoms. The summed E-state index contributed by atoms with van der Waals surface area (Å²) in [4.78, 5) is 0. The van der Waals surface area contributed by atoms with Gasteiger partial charge in [-0.2, -0.15) is 0 Å².